The van der Waals surface area contributed by atoms with Crippen LogP contribution >= 0.6 is 11.3 Å². The zero-order chi connectivity index (χ0) is 9.84. The number of thiophene rings is 1. The lowest BCUT2D eigenvalue weighted by Gasteiger charge is -2.10. The maximum atomic E-state index is 10.6. The molecular weight excluding hydrogens is 186 g/mol. The molecule has 0 bridgehead atoms. The van der Waals surface area contributed by atoms with Gasteiger partial charge in [0.1, 0.15) is 0 Å². The third kappa shape index (κ3) is 2.07. The normalized spacial score (nSPS) is 14.5. The van der Waals surface area contributed by atoms with E-state index in [2.05, 4.69) is 0 Å². The predicted octanol–water partition coefficient (Wildman–Crippen LogP) is 2.08. The van der Waals surface area contributed by atoms with Gasteiger partial charge in [0, 0.05) is 10.8 Å². The second-order valence-corrected chi connectivity index (χ2v) is 3.73. The number of aliphatic carboxylic acids is 1. The van der Waals surface area contributed by atoms with Crippen molar-refractivity contribution in [3.8, 4) is 6.07 Å². The number of carboxylic acids is 1. The smallest absolute Gasteiger partial charge is 0.321 e. The second-order valence-electron chi connectivity index (χ2n) is 2.75. The van der Waals surface area contributed by atoms with E-state index in [0.29, 0.717) is 0 Å². The first-order valence-corrected chi connectivity index (χ1v) is 4.70. The van der Waals surface area contributed by atoms with E-state index in [1.54, 1.807) is 13.0 Å². The molecule has 4 heteroatoms. The first-order chi connectivity index (χ1) is 6.16. The van der Waals surface area contributed by atoms with E-state index in [9.17, 15) is 4.79 Å². The number of carboxylic acid groups (broad SMARTS) is 1. The summed E-state index contributed by atoms with van der Waals surface area (Å²) in [5.74, 6) is -2.23. The number of nitriles is 1. The van der Waals surface area contributed by atoms with Crippen molar-refractivity contribution in [1.82, 2.24) is 0 Å². The van der Waals surface area contributed by atoms with Crippen LogP contribution < -0.4 is 0 Å². The molecule has 1 heterocycles. The number of rotatable bonds is 3. The Labute approximate surface area is 80.2 Å². The molecule has 0 aliphatic heterocycles. The van der Waals surface area contributed by atoms with Gasteiger partial charge >= 0.3 is 5.97 Å². The average Bonchev–Trinajstić information content (AvgIpc) is 2.56. The SMILES string of the molecule is CC(c1cccs1)C(C#N)C(=O)O. The van der Waals surface area contributed by atoms with Crippen molar-refractivity contribution >= 4 is 17.3 Å². The van der Waals surface area contributed by atoms with Crippen LogP contribution in [0.15, 0.2) is 17.5 Å². The molecule has 3 nitrogen and oxygen atoms in total. The standard InChI is InChI=1S/C9H9NO2S/c1-6(7(5-10)9(11)12)8-3-2-4-13-8/h2-4,6-7H,1H3,(H,11,12). The molecule has 1 rings (SSSR count). The predicted molar refractivity (Wildman–Crippen MR) is 49.5 cm³/mol. The van der Waals surface area contributed by atoms with Crippen molar-refractivity contribution in [3.05, 3.63) is 22.4 Å². The second kappa shape index (κ2) is 4.06. The summed E-state index contributed by atoms with van der Waals surface area (Å²) >= 11 is 1.48. The van der Waals surface area contributed by atoms with Crippen molar-refractivity contribution in [2.45, 2.75) is 12.8 Å². The highest BCUT2D eigenvalue weighted by atomic mass is 32.1. The molecule has 1 aromatic rings. The molecule has 0 aliphatic carbocycles. The summed E-state index contributed by atoms with van der Waals surface area (Å²) in [4.78, 5) is 11.6. The number of nitrogens with zero attached hydrogens (tertiary/aromatic N) is 1. The van der Waals surface area contributed by atoms with Gasteiger partial charge < -0.3 is 5.11 Å². The summed E-state index contributed by atoms with van der Waals surface area (Å²) in [5, 5.41) is 19.2. The van der Waals surface area contributed by atoms with Gasteiger partial charge in [-0.15, -0.1) is 11.3 Å². The van der Waals surface area contributed by atoms with Crippen LogP contribution in [0, 0.1) is 17.2 Å². The maximum absolute atomic E-state index is 10.6. The molecule has 0 aromatic carbocycles. The maximum Gasteiger partial charge on any atom is 0.321 e. The van der Waals surface area contributed by atoms with Crippen LogP contribution in [0.25, 0.3) is 0 Å². The highest BCUT2D eigenvalue weighted by molar-refractivity contribution is 7.10. The summed E-state index contributed by atoms with van der Waals surface area (Å²) in [5.41, 5.74) is 0. The third-order valence-electron chi connectivity index (χ3n) is 1.90. The van der Waals surface area contributed by atoms with Crippen LogP contribution in [-0.4, -0.2) is 11.1 Å². The number of hydrogen-bond donors (Lipinski definition) is 1. The van der Waals surface area contributed by atoms with E-state index in [4.69, 9.17) is 10.4 Å². The van der Waals surface area contributed by atoms with Gasteiger partial charge in [0.25, 0.3) is 0 Å². The Balaban J connectivity index is 2.84. The fraction of sp³-hybridized carbons (Fsp3) is 0.333. The molecule has 68 valence electrons. The monoisotopic (exact) mass is 195 g/mol. The van der Waals surface area contributed by atoms with Gasteiger partial charge in [-0.05, 0) is 11.4 Å². The minimum Gasteiger partial charge on any atom is -0.480 e. The van der Waals surface area contributed by atoms with Crippen LogP contribution in [-0.2, 0) is 4.79 Å². The summed E-state index contributed by atoms with van der Waals surface area (Å²) in [6.07, 6.45) is 0. The van der Waals surface area contributed by atoms with Crippen LogP contribution in [0.5, 0.6) is 0 Å². The molecule has 0 saturated heterocycles. The van der Waals surface area contributed by atoms with Crippen LogP contribution in [0.3, 0.4) is 0 Å². The molecule has 2 atom stereocenters. The van der Waals surface area contributed by atoms with Crippen molar-refractivity contribution in [1.29, 1.82) is 5.26 Å². The van der Waals surface area contributed by atoms with Crippen LogP contribution in [0.2, 0.25) is 0 Å². The van der Waals surface area contributed by atoms with Gasteiger partial charge in [-0.25, -0.2) is 0 Å². The Hall–Kier alpha value is -1.34. The topological polar surface area (TPSA) is 61.1 Å². The number of hydrogen-bond acceptors (Lipinski definition) is 3. The van der Waals surface area contributed by atoms with Crippen molar-refractivity contribution < 1.29 is 9.90 Å². The Morgan fingerprint density at radius 3 is 2.85 bits per heavy atom. The van der Waals surface area contributed by atoms with Crippen molar-refractivity contribution in [2.24, 2.45) is 5.92 Å². The van der Waals surface area contributed by atoms with Gasteiger partial charge in [-0.3, -0.25) is 4.79 Å². The van der Waals surface area contributed by atoms with Crippen molar-refractivity contribution in [3.63, 3.8) is 0 Å². The van der Waals surface area contributed by atoms with E-state index in [-0.39, 0.29) is 5.92 Å². The minimum absolute atomic E-state index is 0.234. The van der Waals surface area contributed by atoms with Crippen LogP contribution in [0.1, 0.15) is 17.7 Å². The molecule has 1 N–H and O–H groups in total. The lowest BCUT2D eigenvalue weighted by Crippen LogP contribution is -2.17. The lowest BCUT2D eigenvalue weighted by molar-refractivity contribution is -0.140. The lowest BCUT2D eigenvalue weighted by atomic mass is 9.94. The van der Waals surface area contributed by atoms with E-state index < -0.39 is 11.9 Å². The molecule has 0 radical (unpaired) electrons. The Morgan fingerprint density at radius 2 is 2.46 bits per heavy atom. The highest BCUT2D eigenvalue weighted by Crippen LogP contribution is 2.27. The van der Waals surface area contributed by atoms with Crippen LogP contribution in [0.4, 0.5) is 0 Å². The molecule has 0 saturated carbocycles. The van der Waals surface area contributed by atoms with Crippen molar-refractivity contribution in [2.75, 3.05) is 0 Å². The molecule has 0 spiro atoms. The zero-order valence-electron chi connectivity index (χ0n) is 7.10. The van der Waals surface area contributed by atoms with E-state index in [1.165, 1.54) is 11.3 Å². The van der Waals surface area contributed by atoms with Gasteiger partial charge in [0.2, 0.25) is 0 Å². The van der Waals surface area contributed by atoms with E-state index in [1.807, 2.05) is 17.5 Å². The van der Waals surface area contributed by atoms with Gasteiger partial charge in [-0.1, -0.05) is 13.0 Å². The Bertz CT molecular complexity index is 326. The van der Waals surface area contributed by atoms with E-state index >= 15 is 0 Å². The van der Waals surface area contributed by atoms with E-state index in [0.717, 1.165) is 4.88 Å². The molecule has 0 aliphatic rings. The Kier molecular flexibility index (Phi) is 3.04. The first kappa shape index (κ1) is 9.75. The summed E-state index contributed by atoms with van der Waals surface area (Å²) in [7, 11) is 0. The molecule has 0 amide bonds. The van der Waals surface area contributed by atoms with Gasteiger partial charge in [-0.2, -0.15) is 5.26 Å². The fourth-order valence-corrected chi connectivity index (χ4v) is 1.92. The number of carbonyl (C=O) groups is 1. The molecule has 0 fully saturated rings. The zero-order valence-corrected chi connectivity index (χ0v) is 7.91. The quantitative estimate of drug-likeness (QED) is 0.803. The summed E-state index contributed by atoms with van der Waals surface area (Å²) < 4.78 is 0. The Morgan fingerprint density at radius 1 is 1.77 bits per heavy atom. The third-order valence-corrected chi connectivity index (χ3v) is 2.97. The van der Waals surface area contributed by atoms with Gasteiger partial charge in [0.05, 0.1) is 6.07 Å². The summed E-state index contributed by atoms with van der Waals surface area (Å²) in [6, 6.07) is 5.50. The van der Waals surface area contributed by atoms with Gasteiger partial charge in [0.15, 0.2) is 5.92 Å². The average molecular weight is 195 g/mol. The minimum atomic E-state index is -1.05. The molecular formula is C9H9NO2S. The fourth-order valence-electron chi connectivity index (χ4n) is 1.10. The highest BCUT2D eigenvalue weighted by Gasteiger charge is 2.25. The molecule has 13 heavy (non-hydrogen) atoms. The largest absolute Gasteiger partial charge is 0.480 e. The molecule has 2 unspecified atom stereocenters. The summed E-state index contributed by atoms with van der Waals surface area (Å²) in [6.45, 7) is 1.76. The first-order valence-electron chi connectivity index (χ1n) is 3.82. The molecule has 1 aromatic heterocycles.